The van der Waals surface area contributed by atoms with Gasteiger partial charge in [-0.3, -0.25) is 0 Å². The Hall–Kier alpha value is -4.79. The van der Waals surface area contributed by atoms with Gasteiger partial charge in [-0.05, 0) is 59.2 Å². The van der Waals surface area contributed by atoms with Crippen LogP contribution in [0.15, 0.2) is 73.3 Å². The molecule has 0 spiro atoms. The number of phenols is 1. The molecular weight excluding hydrogens is 494 g/mol. The molecular formula is C29H26F2N2O5. The first kappa shape index (κ1) is 27.8. The molecule has 1 aromatic heterocycles. The minimum absolute atomic E-state index is 0. The molecule has 0 bridgehead atoms. The Morgan fingerprint density at radius 1 is 1.00 bits per heavy atom. The Kier molecular flexibility index (Phi) is 8.42. The number of esters is 1. The van der Waals surface area contributed by atoms with Crippen molar-refractivity contribution in [3.05, 3.63) is 102 Å². The zero-order valence-electron chi connectivity index (χ0n) is 19.7. The number of carboxylic acids is 1. The van der Waals surface area contributed by atoms with Gasteiger partial charge in [0.2, 0.25) is 0 Å². The number of ether oxygens (including phenoxy) is 1. The van der Waals surface area contributed by atoms with E-state index < -0.39 is 29.6 Å². The molecule has 4 aromatic rings. The van der Waals surface area contributed by atoms with Crippen LogP contribution >= 0.6 is 0 Å². The second kappa shape index (κ2) is 11.5. The number of aromatic nitrogens is 1. The van der Waals surface area contributed by atoms with Crippen molar-refractivity contribution in [1.82, 2.24) is 10.3 Å². The molecule has 38 heavy (non-hydrogen) atoms. The number of carbonyl (C=O) groups excluding carboxylic acids is 1. The average Bonchev–Trinajstić information content (AvgIpc) is 2.87. The third-order valence-electron chi connectivity index (χ3n) is 5.75. The molecule has 1 unspecified atom stereocenters. The number of phenolic OH excluding ortho intramolecular Hbond substituents is 1. The van der Waals surface area contributed by atoms with Crippen molar-refractivity contribution in [2.24, 2.45) is 0 Å². The number of aromatic carboxylic acids is 1. The molecule has 9 heteroatoms. The summed E-state index contributed by atoms with van der Waals surface area (Å²) in [6, 6.07) is 14.4. The Bertz CT molecular complexity index is 1500. The molecule has 0 radical (unpaired) electrons. The van der Waals surface area contributed by atoms with E-state index in [4.69, 9.17) is 4.74 Å². The minimum Gasteiger partial charge on any atom is -0.508 e. The lowest BCUT2D eigenvalue weighted by molar-refractivity contribution is -0.142. The Morgan fingerprint density at radius 3 is 2.26 bits per heavy atom. The molecule has 0 saturated heterocycles. The largest absolute Gasteiger partial charge is 0.508 e. The summed E-state index contributed by atoms with van der Waals surface area (Å²) in [5, 5.41) is 22.6. The van der Waals surface area contributed by atoms with Crippen molar-refractivity contribution in [3.63, 3.8) is 0 Å². The van der Waals surface area contributed by atoms with Crippen LogP contribution in [0, 0.1) is 11.6 Å². The van der Waals surface area contributed by atoms with Crippen molar-refractivity contribution >= 4 is 28.5 Å². The first-order chi connectivity index (χ1) is 17.6. The third-order valence-corrected chi connectivity index (χ3v) is 5.75. The quantitative estimate of drug-likeness (QED) is 0.261. The number of aromatic hydroxyl groups is 1. The predicted molar refractivity (Wildman–Crippen MR) is 141 cm³/mol. The highest BCUT2D eigenvalue weighted by Crippen LogP contribution is 2.29. The fourth-order valence-corrected chi connectivity index (χ4v) is 3.94. The van der Waals surface area contributed by atoms with Crippen LogP contribution in [0.5, 0.6) is 5.75 Å². The second-order valence-corrected chi connectivity index (χ2v) is 8.32. The number of nitrogens with one attached hydrogen (secondary N) is 1. The molecule has 196 valence electrons. The van der Waals surface area contributed by atoms with Gasteiger partial charge in [-0.15, -0.1) is 0 Å². The van der Waals surface area contributed by atoms with Crippen LogP contribution < -0.4 is 5.32 Å². The van der Waals surface area contributed by atoms with E-state index in [9.17, 15) is 28.6 Å². The summed E-state index contributed by atoms with van der Waals surface area (Å²) in [7, 11) is 1.25. The van der Waals surface area contributed by atoms with Gasteiger partial charge in [-0.1, -0.05) is 32.2 Å². The number of methoxy groups -OCH3 is 1. The number of carboxylic acid groups (broad SMARTS) is 1. The maximum absolute atomic E-state index is 13.7. The summed E-state index contributed by atoms with van der Waals surface area (Å²) in [6.07, 6.45) is 0.207. The number of carbonyl (C=O) groups is 2. The van der Waals surface area contributed by atoms with E-state index in [1.807, 2.05) is 0 Å². The van der Waals surface area contributed by atoms with Gasteiger partial charge >= 0.3 is 11.9 Å². The molecule has 4 rings (SSSR count). The first-order valence-electron chi connectivity index (χ1n) is 11.1. The highest BCUT2D eigenvalue weighted by atomic mass is 19.1. The Morgan fingerprint density at radius 2 is 1.66 bits per heavy atom. The van der Waals surface area contributed by atoms with E-state index >= 15 is 0 Å². The highest BCUT2D eigenvalue weighted by molar-refractivity contribution is 6.04. The van der Waals surface area contributed by atoms with Crippen LogP contribution in [-0.2, 0) is 16.0 Å². The lowest BCUT2D eigenvalue weighted by Gasteiger charge is -2.20. The number of hydrogen-bond acceptors (Lipinski definition) is 6. The number of benzene rings is 3. The van der Waals surface area contributed by atoms with Crippen LogP contribution in [0.4, 0.5) is 8.78 Å². The molecule has 3 aromatic carbocycles. The van der Waals surface area contributed by atoms with Crippen LogP contribution in [0.3, 0.4) is 0 Å². The number of pyridine rings is 1. The third kappa shape index (κ3) is 6.12. The summed E-state index contributed by atoms with van der Waals surface area (Å²) in [5.41, 5.74) is 2.00. The number of nitrogens with zero attached hydrogens (tertiary/aromatic N) is 1. The molecule has 7 nitrogen and oxygen atoms in total. The molecule has 0 fully saturated rings. The maximum atomic E-state index is 13.7. The van der Waals surface area contributed by atoms with Crippen molar-refractivity contribution in [2.75, 3.05) is 7.11 Å². The minimum atomic E-state index is -1.24. The van der Waals surface area contributed by atoms with Gasteiger partial charge in [0.15, 0.2) is 0 Å². The fourth-order valence-electron chi connectivity index (χ4n) is 3.94. The summed E-state index contributed by atoms with van der Waals surface area (Å²) in [4.78, 5) is 29.0. The molecule has 0 amide bonds. The van der Waals surface area contributed by atoms with Crippen molar-refractivity contribution in [3.8, 4) is 16.9 Å². The van der Waals surface area contributed by atoms with Gasteiger partial charge in [0, 0.05) is 17.9 Å². The topological polar surface area (TPSA) is 109 Å². The first-order valence-corrected chi connectivity index (χ1v) is 11.1. The summed E-state index contributed by atoms with van der Waals surface area (Å²) < 4.78 is 32.3. The Balaban J connectivity index is 0.00000400. The van der Waals surface area contributed by atoms with Gasteiger partial charge in [-0.2, -0.15) is 0 Å². The van der Waals surface area contributed by atoms with Crippen LogP contribution in [0.2, 0.25) is 0 Å². The number of fused-ring (bicyclic) bond motifs is 1. The molecule has 0 aliphatic heterocycles. The monoisotopic (exact) mass is 520 g/mol. The van der Waals surface area contributed by atoms with Crippen LogP contribution in [0.1, 0.15) is 29.0 Å². The lowest BCUT2D eigenvalue weighted by atomic mass is 9.99. The molecule has 0 saturated carbocycles. The van der Waals surface area contributed by atoms with Gasteiger partial charge in [0.25, 0.3) is 0 Å². The molecule has 0 aliphatic rings. The normalized spacial score (nSPS) is 11.3. The van der Waals surface area contributed by atoms with Crippen LogP contribution in [0.25, 0.3) is 27.7 Å². The van der Waals surface area contributed by atoms with E-state index in [-0.39, 0.29) is 47.5 Å². The molecule has 0 aliphatic carbocycles. The summed E-state index contributed by atoms with van der Waals surface area (Å²) in [5.74, 6) is -3.23. The van der Waals surface area contributed by atoms with Crippen molar-refractivity contribution in [2.45, 2.75) is 19.9 Å². The number of rotatable bonds is 8. The maximum Gasteiger partial charge on any atom is 0.336 e. The SMILES string of the molecule is C.C=C(NC(Cc1ccc(O)cc1)C(=O)OC)c1cc(C(=O)O)c2cc(-c3cc(F)cc(F)c3)ccc2n1. The zero-order valence-corrected chi connectivity index (χ0v) is 19.7. The zero-order chi connectivity index (χ0) is 26.7. The summed E-state index contributed by atoms with van der Waals surface area (Å²) >= 11 is 0. The van der Waals surface area contributed by atoms with Gasteiger partial charge < -0.3 is 20.3 Å². The Labute approximate surface area is 218 Å². The second-order valence-electron chi connectivity index (χ2n) is 8.32. The number of halogens is 2. The smallest absolute Gasteiger partial charge is 0.336 e. The molecule has 3 N–H and O–H groups in total. The van der Waals surface area contributed by atoms with E-state index in [0.717, 1.165) is 23.8 Å². The highest BCUT2D eigenvalue weighted by Gasteiger charge is 2.22. The van der Waals surface area contributed by atoms with E-state index in [0.29, 0.717) is 11.1 Å². The van der Waals surface area contributed by atoms with E-state index in [1.54, 1.807) is 24.3 Å². The van der Waals surface area contributed by atoms with Gasteiger partial charge in [-0.25, -0.2) is 23.4 Å². The average molecular weight is 521 g/mol. The van der Waals surface area contributed by atoms with E-state index in [1.165, 1.54) is 31.4 Å². The lowest BCUT2D eigenvalue weighted by Crippen LogP contribution is -2.38. The van der Waals surface area contributed by atoms with Crippen LogP contribution in [-0.4, -0.2) is 40.3 Å². The van der Waals surface area contributed by atoms with E-state index in [2.05, 4.69) is 16.9 Å². The van der Waals surface area contributed by atoms with Gasteiger partial charge in [0.1, 0.15) is 23.4 Å². The molecule has 1 atom stereocenters. The standard InChI is InChI=1S/C28H22F2N2O5.CH4/c1-15(31-26(28(36)37-2)9-16-3-6-21(33)7-4-16)25-14-23(27(34)35)22-12-17(5-8-24(22)32-25)18-10-19(29)13-20(30)11-18;/h3-8,10-14,26,31,33H,1,9H2,2H3,(H,34,35);1H4. The van der Waals surface area contributed by atoms with Gasteiger partial charge in [0.05, 0.1) is 29.6 Å². The summed E-state index contributed by atoms with van der Waals surface area (Å²) in [6.45, 7) is 3.93. The van der Waals surface area contributed by atoms with Crippen molar-refractivity contribution in [1.29, 1.82) is 0 Å². The van der Waals surface area contributed by atoms with Crippen molar-refractivity contribution < 1.29 is 33.3 Å². The number of hydrogen-bond donors (Lipinski definition) is 3. The molecule has 1 heterocycles. The fraction of sp³-hybridized carbons (Fsp3) is 0.138. The predicted octanol–water partition coefficient (Wildman–Crippen LogP) is 5.56.